The second kappa shape index (κ2) is 6.72. The Morgan fingerprint density at radius 1 is 1.31 bits per heavy atom. The van der Waals surface area contributed by atoms with Crippen LogP contribution < -0.4 is 5.32 Å². The maximum absolute atomic E-state index is 12.5. The molecule has 26 heavy (non-hydrogen) atoms. The van der Waals surface area contributed by atoms with Crippen LogP contribution in [0.5, 0.6) is 0 Å². The van der Waals surface area contributed by atoms with E-state index in [9.17, 15) is 14.9 Å². The molecule has 0 saturated carbocycles. The van der Waals surface area contributed by atoms with Crippen molar-refractivity contribution < 1.29 is 9.72 Å². The third-order valence-electron chi connectivity index (χ3n) is 4.46. The van der Waals surface area contributed by atoms with Crippen molar-refractivity contribution in [2.75, 3.05) is 18.4 Å². The van der Waals surface area contributed by atoms with E-state index in [4.69, 9.17) is 0 Å². The van der Waals surface area contributed by atoms with E-state index < -0.39 is 4.92 Å². The minimum atomic E-state index is -0.429. The second-order valence-corrected chi connectivity index (χ2v) is 7.12. The largest absolute Gasteiger partial charge is 0.361 e. The number of carbonyl (C=O) groups excluding carboxylic acids is 1. The topological polar surface area (TPSA) is 88.4 Å². The first-order valence-corrected chi connectivity index (χ1v) is 9.10. The Hall–Kier alpha value is -3.00. The summed E-state index contributed by atoms with van der Waals surface area (Å²) in [4.78, 5) is 30.5. The number of non-ortho nitro benzene ring substituents is 1. The Labute approximate surface area is 153 Å². The maximum Gasteiger partial charge on any atom is 0.270 e. The van der Waals surface area contributed by atoms with E-state index >= 15 is 0 Å². The summed E-state index contributed by atoms with van der Waals surface area (Å²) >= 11 is 1.75. The molecule has 0 radical (unpaired) electrons. The predicted octanol–water partition coefficient (Wildman–Crippen LogP) is 3.20. The summed E-state index contributed by atoms with van der Waals surface area (Å²) in [7, 11) is 0. The highest BCUT2D eigenvalue weighted by molar-refractivity contribution is 7.10. The fourth-order valence-corrected chi connectivity index (χ4v) is 3.95. The normalized spacial score (nSPS) is 13.5. The van der Waals surface area contributed by atoms with Crippen molar-refractivity contribution in [3.63, 3.8) is 0 Å². The Bertz CT molecular complexity index is 1000. The molecule has 1 N–H and O–H groups in total. The van der Waals surface area contributed by atoms with Gasteiger partial charge in [0.25, 0.3) is 5.69 Å². The molecule has 1 amide bonds. The zero-order valence-electron chi connectivity index (χ0n) is 13.8. The lowest BCUT2D eigenvalue weighted by molar-refractivity contribution is -0.384. The predicted molar refractivity (Wildman–Crippen MR) is 100 cm³/mol. The lowest BCUT2D eigenvalue weighted by Crippen LogP contribution is -2.38. The van der Waals surface area contributed by atoms with Gasteiger partial charge in [-0.1, -0.05) is 0 Å². The van der Waals surface area contributed by atoms with Crippen LogP contribution >= 0.6 is 11.3 Å². The number of carbonyl (C=O) groups is 1. The zero-order chi connectivity index (χ0) is 18.1. The molecule has 8 heteroatoms. The van der Waals surface area contributed by atoms with Crippen molar-refractivity contribution in [3.8, 4) is 0 Å². The number of amides is 1. The van der Waals surface area contributed by atoms with Crippen molar-refractivity contribution in [2.24, 2.45) is 0 Å². The fraction of sp³-hybridized carbons (Fsp3) is 0.222. The Kier molecular flexibility index (Phi) is 4.26. The molecule has 132 valence electrons. The maximum atomic E-state index is 12.5. The van der Waals surface area contributed by atoms with Gasteiger partial charge >= 0.3 is 0 Å². The summed E-state index contributed by atoms with van der Waals surface area (Å²) in [5, 5.41) is 16.6. The van der Waals surface area contributed by atoms with Gasteiger partial charge in [0.2, 0.25) is 5.91 Å². The van der Waals surface area contributed by atoms with Crippen molar-refractivity contribution >= 4 is 39.7 Å². The number of fused-ring (bicyclic) bond motifs is 2. The number of hydrogen-bond donors (Lipinski definition) is 1. The average molecular weight is 368 g/mol. The first kappa shape index (κ1) is 16.5. The lowest BCUT2D eigenvalue weighted by atomic mass is 10.1. The molecular weight excluding hydrogens is 352 g/mol. The van der Waals surface area contributed by atoms with Gasteiger partial charge in [-0.25, -0.2) is 4.98 Å². The van der Waals surface area contributed by atoms with Gasteiger partial charge in [0.1, 0.15) is 5.82 Å². The molecule has 0 spiro atoms. The first-order chi connectivity index (χ1) is 12.6. The number of benzene rings is 1. The van der Waals surface area contributed by atoms with E-state index in [1.807, 2.05) is 4.90 Å². The number of nitrogens with one attached hydrogen (secondary N) is 1. The van der Waals surface area contributed by atoms with Crippen LogP contribution in [0.1, 0.15) is 10.4 Å². The molecule has 1 aliphatic heterocycles. The van der Waals surface area contributed by atoms with Gasteiger partial charge in [-0.3, -0.25) is 14.9 Å². The number of rotatable bonds is 4. The van der Waals surface area contributed by atoms with E-state index in [0.29, 0.717) is 23.3 Å². The van der Waals surface area contributed by atoms with E-state index in [2.05, 4.69) is 21.7 Å². The molecule has 0 fully saturated rings. The van der Waals surface area contributed by atoms with Gasteiger partial charge in [0.05, 0.1) is 17.0 Å². The van der Waals surface area contributed by atoms with Gasteiger partial charge in [-0.05, 0) is 41.6 Å². The molecule has 1 aromatic carbocycles. The number of aromatic nitrogens is 1. The number of hydrogen-bond acceptors (Lipinski definition) is 6. The van der Waals surface area contributed by atoms with Crippen molar-refractivity contribution in [1.82, 2.24) is 9.88 Å². The van der Waals surface area contributed by atoms with Crippen LogP contribution in [0.3, 0.4) is 0 Å². The molecule has 0 saturated heterocycles. The van der Waals surface area contributed by atoms with E-state index in [1.165, 1.54) is 22.6 Å². The van der Waals surface area contributed by atoms with Crippen LogP contribution in [0.4, 0.5) is 11.5 Å². The highest BCUT2D eigenvalue weighted by Gasteiger charge is 2.21. The number of nitro groups is 1. The zero-order valence-corrected chi connectivity index (χ0v) is 14.7. The monoisotopic (exact) mass is 368 g/mol. The quantitative estimate of drug-likeness (QED) is 0.564. The number of anilines is 1. The van der Waals surface area contributed by atoms with Crippen molar-refractivity contribution in [3.05, 3.63) is 62.3 Å². The summed E-state index contributed by atoms with van der Waals surface area (Å²) in [5.41, 5.74) is 1.92. The van der Waals surface area contributed by atoms with Crippen molar-refractivity contribution in [1.29, 1.82) is 0 Å². The van der Waals surface area contributed by atoms with E-state index in [1.54, 1.807) is 29.5 Å². The third kappa shape index (κ3) is 3.23. The minimum Gasteiger partial charge on any atom is -0.361 e. The van der Waals surface area contributed by atoms with Crippen LogP contribution in [-0.4, -0.2) is 33.8 Å². The lowest BCUT2D eigenvalue weighted by Gasteiger charge is -2.27. The van der Waals surface area contributed by atoms with E-state index in [0.717, 1.165) is 13.0 Å². The standard InChI is InChI=1S/C18H16N4O3S/c23-18(21-7-5-16-13(11-21)6-8-26-16)10-19-17-4-1-12-9-14(22(24)25)2-3-15(12)20-17/h1-4,6,8-9H,5,7,10-11H2,(H,19,20). The highest BCUT2D eigenvalue weighted by Crippen LogP contribution is 2.24. The van der Waals surface area contributed by atoms with Crippen molar-refractivity contribution in [2.45, 2.75) is 13.0 Å². The molecule has 7 nitrogen and oxygen atoms in total. The average Bonchev–Trinajstić information content (AvgIpc) is 3.13. The number of pyridine rings is 1. The number of nitrogens with zero attached hydrogens (tertiary/aromatic N) is 3. The molecular formula is C18H16N4O3S. The molecule has 0 atom stereocenters. The Balaban J connectivity index is 1.42. The molecule has 1 aliphatic rings. The molecule has 0 bridgehead atoms. The smallest absolute Gasteiger partial charge is 0.270 e. The fourth-order valence-electron chi connectivity index (χ4n) is 3.06. The first-order valence-electron chi connectivity index (χ1n) is 8.22. The summed E-state index contributed by atoms with van der Waals surface area (Å²) in [6.07, 6.45) is 0.908. The van der Waals surface area contributed by atoms with Gasteiger partial charge in [0, 0.05) is 35.5 Å². The molecule has 4 rings (SSSR count). The molecule has 3 aromatic rings. The van der Waals surface area contributed by atoms with Gasteiger partial charge in [-0.15, -0.1) is 11.3 Å². The Morgan fingerprint density at radius 3 is 3.04 bits per heavy atom. The SMILES string of the molecule is O=C(CNc1ccc2cc([N+](=O)[O-])ccc2n1)N1CCc2sccc2C1. The molecule has 3 heterocycles. The summed E-state index contributed by atoms with van der Waals surface area (Å²) in [6, 6.07) is 10.1. The summed E-state index contributed by atoms with van der Waals surface area (Å²) in [6.45, 7) is 1.57. The minimum absolute atomic E-state index is 0.0347. The summed E-state index contributed by atoms with van der Waals surface area (Å²) < 4.78 is 0. The number of thiophene rings is 1. The van der Waals surface area contributed by atoms with Crippen LogP contribution in [0, 0.1) is 10.1 Å². The second-order valence-electron chi connectivity index (χ2n) is 6.12. The molecule has 0 aliphatic carbocycles. The van der Waals surface area contributed by atoms with Crippen LogP contribution in [-0.2, 0) is 17.8 Å². The van der Waals surface area contributed by atoms with Crippen LogP contribution in [0.25, 0.3) is 10.9 Å². The molecule has 0 unspecified atom stereocenters. The van der Waals surface area contributed by atoms with Crippen LogP contribution in [0.2, 0.25) is 0 Å². The molecule has 2 aromatic heterocycles. The highest BCUT2D eigenvalue weighted by atomic mass is 32.1. The Morgan fingerprint density at radius 2 is 2.19 bits per heavy atom. The number of nitro benzene ring substituents is 1. The van der Waals surface area contributed by atoms with Gasteiger partial charge in [0.15, 0.2) is 0 Å². The van der Waals surface area contributed by atoms with Crippen LogP contribution in [0.15, 0.2) is 41.8 Å². The van der Waals surface area contributed by atoms with Gasteiger partial charge in [-0.2, -0.15) is 0 Å². The summed E-state index contributed by atoms with van der Waals surface area (Å²) in [5.74, 6) is 0.611. The van der Waals surface area contributed by atoms with Gasteiger partial charge < -0.3 is 10.2 Å². The van der Waals surface area contributed by atoms with E-state index in [-0.39, 0.29) is 18.1 Å². The third-order valence-corrected chi connectivity index (χ3v) is 5.49.